The van der Waals surface area contributed by atoms with Gasteiger partial charge in [-0.25, -0.2) is 26.6 Å². The number of halogens is 1. The van der Waals surface area contributed by atoms with E-state index in [2.05, 4.69) is 17.1 Å². The highest BCUT2D eigenvalue weighted by Gasteiger charge is 2.29. The van der Waals surface area contributed by atoms with Gasteiger partial charge in [0.05, 0.1) is 10.6 Å². The van der Waals surface area contributed by atoms with E-state index in [4.69, 9.17) is 9.84 Å². The molecule has 1 aliphatic rings. The Labute approximate surface area is 303 Å². The summed E-state index contributed by atoms with van der Waals surface area (Å²) in [6.07, 6.45) is 6.76. The smallest absolute Gasteiger partial charge is 0.410 e. The quantitative estimate of drug-likeness (QED) is 0.156. The van der Waals surface area contributed by atoms with Crippen molar-refractivity contribution in [2.75, 3.05) is 13.1 Å². The molecule has 6 aromatic rings. The maximum absolute atomic E-state index is 15.8. The Morgan fingerprint density at radius 1 is 0.942 bits per heavy atom. The van der Waals surface area contributed by atoms with E-state index in [-0.39, 0.29) is 28.4 Å². The van der Waals surface area contributed by atoms with Gasteiger partial charge in [-0.15, -0.1) is 0 Å². The largest absolute Gasteiger partial charge is 0.444 e. The number of fused-ring (bicyclic) bond motifs is 1. The van der Waals surface area contributed by atoms with Crippen LogP contribution in [0.15, 0.2) is 108 Å². The highest BCUT2D eigenvalue weighted by atomic mass is 32.2. The van der Waals surface area contributed by atoms with Gasteiger partial charge in [-0.05, 0) is 99.9 Å². The molecule has 1 aliphatic heterocycles. The van der Waals surface area contributed by atoms with Gasteiger partial charge in [-0.3, -0.25) is 4.68 Å². The van der Waals surface area contributed by atoms with Crippen LogP contribution in [-0.4, -0.2) is 56.8 Å². The van der Waals surface area contributed by atoms with E-state index in [0.29, 0.717) is 65.8 Å². The fraction of sp³-hybridized carbons (Fsp3) is 0.293. The van der Waals surface area contributed by atoms with Crippen LogP contribution in [0.1, 0.15) is 56.2 Å². The number of aromatic nitrogens is 4. The second kappa shape index (κ2) is 14.0. The topological polar surface area (TPSA) is 99.3 Å². The summed E-state index contributed by atoms with van der Waals surface area (Å²) in [5, 5.41) is 5.41. The summed E-state index contributed by atoms with van der Waals surface area (Å²) in [6.45, 7) is 9.07. The first-order chi connectivity index (χ1) is 24.9. The first-order valence-electron chi connectivity index (χ1n) is 17.5. The van der Waals surface area contributed by atoms with Gasteiger partial charge in [0.1, 0.15) is 11.4 Å². The second-order valence-corrected chi connectivity index (χ2v) is 16.2. The number of ether oxygens (including phenoxy) is 1. The van der Waals surface area contributed by atoms with E-state index < -0.39 is 15.6 Å². The SMILES string of the molecule is Cc1ccc(S(=O)(=O)n2cc(-c3ccn(CCc4ccccc4)n3)c3cc(-c4ccc(C5CCN(C(=O)OC(C)(C)C)CC5)c(F)c4)cnc32)cc1. The number of nitrogens with zero attached hydrogens (tertiary/aromatic N) is 5. The van der Waals surface area contributed by atoms with Crippen LogP contribution in [0.25, 0.3) is 33.4 Å². The number of aryl methyl sites for hydroxylation is 3. The minimum Gasteiger partial charge on any atom is -0.444 e. The van der Waals surface area contributed by atoms with E-state index in [1.54, 1.807) is 41.6 Å². The molecule has 4 heterocycles. The number of likely N-dealkylation sites (tertiary alicyclic amines) is 1. The van der Waals surface area contributed by atoms with Crippen molar-refractivity contribution >= 4 is 27.1 Å². The Morgan fingerprint density at radius 3 is 2.37 bits per heavy atom. The van der Waals surface area contributed by atoms with E-state index in [9.17, 15) is 13.2 Å². The maximum atomic E-state index is 15.8. The fourth-order valence-corrected chi connectivity index (χ4v) is 8.03. The summed E-state index contributed by atoms with van der Waals surface area (Å²) in [7, 11) is -4.00. The van der Waals surface area contributed by atoms with Crippen molar-refractivity contribution in [2.24, 2.45) is 0 Å². The van der Waals surface area contributed by atoms with Gasteiger partial charge >= 0.3 is 6.09 Å². The van der Waals surface area contributed by atoms with Gasteiger partial charge in [-0.2, -0.15) is 5.10 Å². The number of carbonyl (C=O) groups excluding carboxylic acids is 1. The van der Waals surface area contributed by atoms with Crippen molar-refractivity contribution in [3.63, 3.8) is 0 Å². The van der Waals surface area contributed by atoms with Crippen molar-refractivity contribution < 1.29 is 22.3 Å². The average Bonchev–Trinajstić information content (AvgIpc) is 3.76. The van der Waals surface area contributed by atoms with Gasteiger partial charge in [0, 0.05) is 54.7 Å². The molecule has 0 saturated carbocycles. The Kier molecular flexibility index (Phi) is 9.48. The second-order valence-electron chi connectivity index (χ2n) is 14.4. The van der Waals surface area contributed by atoms with Gasteiger partial charge in [-0.1, -0.05) is 60.2 Å². The molecule has 11 heteroatoms. The molecule has 3 aromatic heterocycles. The number of hydrogen-bond donors (Lipinski definition) is 0. The van der Waals surface area contributed by atoms with Crippen molar-refractivity contribution in [1.82, 2.24) is 23.6 Å². The normalized spacial score (nSPS) is 14.2. The molecular weight excluding hydrogens is 678 g/mol. The summed E-state index contributed by atoms with van der Waals surface area (Å²) in [5.74, 6) is -0.358. The third-order valence-corrected chi connectivity index (χ3v) is 11.2. The monoisotopic (exact) mass is 719 g/mol. The van der Waals surface area contributed by atoms with Crippen LogP contribution in [0.3, 0.4) is 0 Å². The zero-order chi connectivity index (χ0) is 36.6. The van der Waals surface area contributed by atoms with Crippen molar-refractivity contribution in [1.29, 1.82) is 0 Å². The average molecular weight is 720 g/mol. The number of rotatable bonds is 8. The highest BCUT2D eigenvalue weighted by Crippen LogP contribution is 2.36. The lowest BCUT2D eigenvalue weighted by Gasteiger charge is -2.33. The van der Waals surface area contributed by atoms with Gasteiger partial charge < -0.3 is 9.64 Å². The standard InChI is InChI=1S/C41H42FN5O4S/c1-28-10-13-33(14-11-28)52(49,50)47-27-36(38-19-23-46(44-38)22-16-29-8-6-5-7-9-29)35-24-32(26-43-39(35)47)31-12-15-34(37(42)25-31)30-17-20-45(21-18-30)40(48)51-41(2,3)4/h5-15,19,23-27,30H,16-18,20-22H2,1-4H3. The molecule has 0 spiro atoms. The molecule has 9 nitrogen and oxygen atoms in total. The van der Waals surface area contributed by atoms with E-state index in [1.807, 2.05) is 81.0 Å². The van der Waals surface area contributed by atoms with Crippen LogP contribution in [0, 0.1) is 12.7 Å². The van der Waals surface area contributed by atoms with Gasteiger partial charge in [0.15, 0.2) is 5.65 Å². The van der Waals surface area contributed by atoms with Crippen LogP contribution in [0.4, 0.5) is 9.18 Å². The van der Waals surface area contributed by atoms with E-state index in [0.717, 1.165) is 12.0 Å². The minimum atomic E-state index is -4.00. The first-order valence-corrected chi connectivity index (χ1v) is 19.0. The number of piperidine rings is 1. The van der Waals surface area contributed by atoms with Crippen molar-refractivity contribution in [3.05, 3.63) is 126 Å². The van der Waals surface area contributed by atoms with Crippen LogP contribution in [0.2, 0.25) is 0 Å². The Bertz CT molecular complexity index is 2340. The number of pyridine rings is 1. The number of carbonyl (C=O) groups is 1. The molecule has 0 unspecified atom stereocenters. The zero-order valence-electron chi connectivity index (χ0n) is 29.8. The molecule has 3 aromatic carbocycles. The van der Waals surface area contributed by atoms with Crippen LogP contribution in [0.5, 0.6) is 0 Å². The van der Waals surface area contributed by atoms with Crippen LogP contribution in [-0.2, 0) is 27.7 Å². The first kappa shape index (κ1) is 35.1. The van der Waals surface area contributed by atoms with Crippen LogP contribution >= 0.6 is 0 Å². The fourth-order valence-electron chi connectivity index (χ4n) is 6.70. The predicted octanol–water partition coefficient (Wildman–Crippen LogP) is 8.61. The Hall–Kier alpha value is -5.29. The molecule has 1 fully saturated rings. The molecule has 0 radical (unpaired) electrons. The predicted molar refractivity (Wildman–Crippen MR) is 200 cm³/mol. The summed E-state index contributed by atoms with van der Waals surface area (Å²) >= 11 is 0. The van der Waals surface area contributed by atoms with E-state index in [1.165, 1.54) is 15.6 Å². The van der Waals surface area contributed by atoms with E-state index >= 15 is 4.39 Å². The summed E-state index contributed by atoms with van der Waals surface area (Å²) in [4.78, 5) is 19.0. The lowest BCUT2D eigenvalue weighted by molar-refractivity contribution is 0.0204. The molecule has 1 saturated heterocycles. The van der Waals surface area contributed by atoms with Gasteiger partial charge in [0.2, 0.25) is 0 Å². The third-order valence-electron chi connectivity index (χ3n) is 9.50. The minimum absolute atomic E-state index is 0.0297. The molecule has 52 heavy (non-hydrogen) atoms. The Balaban J connectivity index is 1.20. The van der Waals surface area contributed by atoms with Crippen molar-refractivity contribution in [2.45, 2.75) is 69.9 Å². The number of amides is 1. The Morgan fingerprint density at radius 2 is 1.67 bits per heavy atom. The summed E-state index contributed by atoms with van der Waals surface area (Å²) in [6, 6.07) is 25.8. The number of benzene rings is 3. The summed E-state index contributed by atoms with van der Waals surface area (Å²) in [5.41, 5.74) is 4.91. The zero-order valence-corrected chi connectivity index (χ0v) is 30.6. The highest BCUT2D eigenvalue weighted by molar-refractivity contribution is 7.90. The molecular formula is C41H42FN5O4S. The molecule has 268 valence electrons. The maximum Gasteiger partial charge on any atom is 0.410 e. The molecule has 0 atom stereocenters. The van der Waals surface area contributed by atoms with Crippen molar-refractivity contribution in [3.8, 4) is 22.4 Å². The third kappa shape index (κ3) is 7.36. The lowest BCUT2D eigenvalue weighted by atomic mass is 9.88. The summed E-state index contributed by atoms with van der Waals surface area (Å²) < 4.78 is 52.4. The molecule has 0 bridgehead atoms. The molecule has 7 rings (SSSR count). The van der Waals surface area contributed by atoms with Gasteiger partial charge in [0.25, 0.3) is 10.0 Å². The molecule has 1 amide bonds. The lowest BCUT2D eigenvalue weighted by Crippen LogP contribution is -2.41. The molecule has 0 aliphatic carbocycles. The molecule has 0 N–H and O–H groups in total. The number of hydrogen-bond acceptors (Lipinski definition) is 6. The van der Waals surface area contributed by atoms with Crippen LogP contribution < -0.4 is 0 Å².